The number of alkyl halides is 1. The number of aliphatic hydroxyl groups excluding tert-OH is 1. The molecule has 0 aromatic heterocycles. The molecule has 0 aliphatic heterocycles. The van der Waals surface area contributed by atoms with E-state index in [1.54, 1.807) is 0 Å². The maximum absolute atomic E-state index is 11.9. The van der Waals surface area contributed by atoms with Crippen LogP contribution in [0.3, 0.4) is 0 Å². The molecule has 0 saturated heterocycles. The van der Waals surface area contributed by atoms with E-state index in [1.807, 2.05) is 18.2 Å². The molecular weight excluding hydrogens is 195 g/mol. The minimum atomic E-state index is -0.486. The first-order valence-corrected chi connectivity index (χ1v) is 5.31. The van der Waals surface area contributed by atoms with Crippen molar-refractivity contribution in [1.29, 1.82) is 0 Å². The van der Waals surface area contributed by atoms with Crippen molar-refractivity contribution >= 4 is 0 Å². The third-order valence-corrected chi connectivity index (χ3v) is 2.75. The monoisotopic (exact) mass is 210 g/mol. The fourth-order valence-corrected chi connectivity index (χ4v) is 2.00. The zero-order valence-corrected chi connectivity index (χ0v) is 8.58. The van der Waals surface area contributed by atoms with E-state index in [0.717, 1.165) is 24.8 Å². The van der Waals surface area contributed by atoms with Gasteiger partial charge in [-0.25, -0.2) is 4.39 Å². The Labute approximate surface area is 88.7 Å². The number of halogens is 1. The summed E-state index contributed by atoms with van der Waals surface area (Å²) in [7, 11) is 0. The van der Waals surface area contributed by atoms with Gasteiger partial charge in [0, 0.05) is 0 Å². The van der Waals surface area contributed by atoms with Crippen LogP contribution in [0.1, 0.15) is 30.1 Å². The average Bonchev–Trinajstić information content (AvgIpc) is 2.27. The van der Waals surface area contributed by atoms with Crippen LogP contribution < -0.4 is 4.74 Å². The van der Waals surface area contributed by atoms with Gasteiger partial charge in [0.2, 0.25) is 0 Å². The van der Waals surface area contributed by atoms with Gasteiger partial charge in [-0.15, -0.1) is 0 Å². The van der Waals surface area contributed by atoms with Crippen molar-refractivity contribution < 1.29 is 14.2 Å². The second-order valence-corrected chi connectivity index (χ2v) is 3.81. The quantitative estimate of drug-likeness (QED) is 0.830. The number of aliphatic hydroxyl groups is 1. The SMILES string of the molecule is OC1CCCc2ccc(OCCF)cc21. The zero-order valence-electron chi connectivity index (χ0n) is 8.58. The fraction of sp³-hybridized carbons (Fsp3) is 0.500. The van der Waals surface area contributed by atoms with Gasteiger partial charge in [-0.3, -0.25) is 0 Å². The summed E-state index contributed by atoms with van der Waals surface area (Å²) in [6.45, 7) is -0.408. The van der Waals surface area contributed by atoms with Gasteiger partial charge >= 0.3 is 0 Å². The molecule has 1 unspecified atom stereocenters. The van der Waals surface area contributed by atoms with Crippen LogP contribution in [-0.4, -0.2) is 18.4 Å². The van der Waals surface area contributed by atoms with Crippen molar-refractivity contribution in [3.8, 4) is 5.75 Å². The van der Waals surface area contributed by atoms with E-state index in [0.29, 0.717) is 5.75 Å². The van der Waals surface area contributed by atoms with Crippen LogP contribution >= 0.6 is 0 Å². The van der Waals surface area contributed by atoms with E-state index >= 15 is 0 Å². The number of rotatable bonds is 3. The summed E-state index contributed by atoms with van der Waals surface area (Å²) in [5.41, 5.74) is 2.12. The molecule has 1 aromatic carbocycles. The highest BCUT2D eigenvalue weighted by Gasteiger charge is 2.18. The van der Waals surface area contributed by atoms with Crippen LogP contribution in [-0.2, 0) is 6.42 Å². The summed E-state index contributed by atoms with van der Waals surface area (Å²) < 4.78 is 17.1. The Kier molecular flexibility index (Phi) is 3.21. The van der Waals surface area contributed by atoms with E-state index in [9.17, 15) is 9.50 Å². The first-order chi connectivity index (χ1) is 7.31. The number of hydrogen-bond acceptors (Lipinski definition) is 2. The van der Waals surface area contributed by atoms with Crippen LogP contribution in [0.25, 0.3) is 0 Å². The molecule has 15 heavy (non-hydrogen) atoms. The van der Waals surface area contributed by atoms with Gasteiger partial charge in [-0.1, -0.05) is 6.07 Å². The topological polar surface area (TPSA) is 29.5 Å². The van der Waals surface area contributed by atoms with Crippen molar-refractivity contribution in [2.45, 2.75) is 25.4 Å². The van der Waals surface area contributed by atoms with Gasteiger partial charge in [0.15, 0.2) is 0 Å². The van der Waals surface area contributed by atoms with Gasteiger partial charge in [0.05, 0.1) is 6.10 Å². The van der Waals surface area contributed by atoms with E-state index in [-0.39, 0.29) is 12.7 Å². The molecule has 82 valence electrons. The molecule has 2 nitrogen and oxygen atoms in total. The molecule has 0 amide bonds. The molecule has 0 heterocycles. The largest absolute Gasteiger partial charge is 0.491 e. The Hall–Kier alpha value is -1.09. The highest BCUT2D eigenvalue weighted by Crippen LogP contribution is 2.32. The predicted molar refractivity (Wildman–Crippen MR) is 55.8 cm³/mol. The highest BCUT2D eigenvalue weighted by atomic mass is 19.1. The standard InChI is InChI=1S/C12H15FO2/c13-6-7-15-10-5-4-9-2-1-3-12(14)11(9)8-10/h4-5,8,12,14H,1-3,6-7H2. The van der Waals surface area contributed by atoms with Crippen LogP contribution in [0.4, 0.5) is 4.39 Å². The van der Waals surface area contributed by atoms with Crippen molar-refractivity contribution in [2.75, 3.05) is 13.3 Å². The van der Waals surface area contributed by atoms with Crippen molar-refractivity contribution in [3.05, 3.63) is 29.3 Å². The lowest BCUT2D eigenvalue weighted by molar-refractivity contribution is 0.156. The predicted octanol–water partition coefficient (Wildman–Crippen LogP) is 2.40. The molecule has 1 aliphatic carbocycles. The number of fused-ring (bicyclic) bond motifs is 1. The Morgan fingerprint density at radius 3 is 3.13 bits per heavy atom. The van der Waals surface area contributed by atoms with Crippen LogP contribution in [0.5, 0.6) is 5.75 Å². The molecule has 0 saturated carbocycles. The fourth-order valence-electron chi connectivity index (χ4n) is 2.00. The molecule has 0 fully saturated rings. The van der Waals surface area contributed by atoms with Gasteiger partial charge < -0.3 is 9.84 Å². The maximum atomic E-state index is 11.9. The van der Waals surface area contributed by atoms with Crippen molar-refractivity contribution in [3.63, 3.8) is 0 Å². The highest BCUT2D eigenvalue weighted by molar-refractivity contribution is 5.38. The Morgan fingerprint density at radius 2 is 2.33 bits per heavy atom. The molecule has 2 rings (SSSR count). The molecule has 1 N–H and O–H groups in total. The summed E-state index contributed by atoms with van der Waals surface area (Å²) in [5.74, 6) is 0.646. The van der Waals surface area contributed by atoms with E-state index < -0.39 is 6.67 Å². The van der Waals surface area contributed by atoms with E-state index in [4.69, 9.17) is 4.74 Å². The number of aryl methyl sites for hydroxylation is 1. The third-order valence-electron chi connectivity index (χ3n) is 2.75. The number of ether oxygens (including phenoxy) is 1. The summed E-state index contributed by atoms with van der Waals surface area (Å²) in [6.07, 6.45) is 2.46. The lowest BCUT2D eigenvalue weighted by Crippen LogP contribution is -2.09. The molecule has 1 aliphatic rings. The molecule has 1 aromatic rings. The molecular formula is C12H15FO2. The Morgan fingerprint density at radius 1 is 1.47 bits per heavy atom. The Bertz CT molecular complexity index is 338. The van der Waals surface area contributed by atoms with Crippen LogP contribution in [0.2, 0.25) is 0 Å². The van der Waals surface area contributed by atoms with Gasteiger partial charge in [-0.05, 0) is 42.5 Å². The molecule has 0 spiro atoms. The van der Waals surface area contributed by atoms with Crippen LogP contribution in [0.15, 0.2) is 18.2 Å². The number of hydrogen-bond donors (Lipinski definition) is 1. The van der Waals surface area contributed by atoms with E-state index in [2.05, 4.69) is 0 Å². The lowest BCUT2D eigenvalue weighted by atomic mass is 9.89. The van der Waals surface area contributed by atoms with Gasteiger partial charge in [0.1, 0.15) is 19.0 Å². The van der Waals surface area contributed by atoms with Gasteiger partial charge in [0.25, 0.3) is 0 Å². The van der Waals surface area contributed by atoms with Crippen LogP contribution in [0, 0.1) is 0 Å². The van der Waals surface area contributed by atoms with E-state index in [1.165, 1.54) is 5.56 Å². The molecule has 3 heteroatoms. The molecule has 0 radical (unpaired) electrons. The summed E-state index contributed by atoms with van der Waals surface area (Å²) in [5, 5.41) is 9.78. The molecule has 0 bridgehead atoms. The lowest BCUT2D eigenvalue weighted by Gasteiger charge is -2.21. The summed E-state index contributed by atoms with van der Waals surface area (Å²) in [6, 6.07) is 5.63. The molecule has 1 atom stereocenters. The first kappa shape index (κ1) is 10.4. The van der Waals surface area contributed by atoms with Crippen molar-refractivity contribution in [2.24, 2.45) is 0 Å². The van der Waals surface area contributed by atoms with Crippen molar-refractivity contribution in [1.82, 2.24) is 0 Å². The average molecular weight is 210 g/mol. The smallest absolute Gasteiger partial charge is 0.123 e. The Balaban J connectivity index is 2.19. The maximum Gasteiger partial charge on any atom is 0.123 e. The minimum Gasteiger partial charge on any atom is -0.491 e. The second kappa shape index (κ2) is 4.62. The number of benzene rings is 1. The first-order valence-electron chi connectivity index (χ1n) is 5.31. The zero-order chi connectivity index (χ0) is 10.7. The van der Waals surface area contributed by atoms with Gasteiger partial charge in [-0.2, -0.15) is 0 Å². The minimum absolute atomic E-state index is 0.0783. The normalized spacial score (nSPS) is 19.7. The summed E-state index contributed by atoms with van der Waals surface area (Å²) >= 11 is 0. The third kappa shape index (κ3) is 2.29. The summed E-state index contributed by atoms with van der Waals surface area (Å²) in [4.78, 5) is 0. The second-order valence-electron chi connectivity index (χ2n) is 3.81.